The molecule has 0 aliphatic rings. The van der Waals surface area contributed by atoms with Gasteiger partial charge in [0.25, 0.3) is 5.91 Å². The molecular weight excluding hydrogens is 294 g/mol. The zero-order valence-electron chi connectivity index (χ0n) is 12.7. The number of amides is 1. The monoisotopic (exact) mass is 314 g/mol. The van der Waals surface area contributed by atoms with Crippen molar-refractivity contribution in [3.05, 3.63) is 54.4 Å². The van der Waals surface area contributed by atoms with Crippen LogP contribution >= 0.6 is 0 Å². The third-order valence-electron chi connectivity index (χ3n) is 3.07. The van der Waals surface area contributed by atoms with E-state index in [2.05, 4.69) is 10.3 Å². The Hall–Kier alpha value is -2.93. The Morgan fingerprint density at radius 1 is 1.30 bits per heavy atom. The fourth-order valence-corrected chi connectivity index (χ4v) is 1.90. The van der Waals surface area contributed by atoms with E-state index in [0.29, 0.717) is 17.9 Å². The quantitative estimate of drug-likeness (QED) is 0.305. The lowest BCUT2D eigenvalue weighted by molar-refractivity contribution is -0.569. The van der Waals surface area contributed by atoms with Gasteiger partial charge in [-0.05, 0) is 12.1 Å². The van der Waals surface area contributed by atoms with Crippen LogP contribution < -0.4 is 21.1 Å². The minimum absolute atomic E-state index is 0.0356. The predicted molar refractivity (Wildman–Crippen MR) is 86.7 cm³/mol. The van der Waals surface area contributed by atoms with Crippen LogP contribution in [0.4, 0.5) is 5.69 Å². The minimum Gasteiger partial charge on any atom is -0.484 e. The van der Waals surface area contributed by atoms with E-state index in [0.717, 1.165) is 12.2 Å². The molecule has 23 heavy (non-hydrogen) atoms. The molecular formula is C16H20N5O2+. The number of aromatic nitrogens is 1. The van der Waals surface area contributed by atoms with Gasteiger partial charge >= 0.3 is 0 Å². The summed E-state index contributed by atoms with van der Waals surface area (Å²) in [4.78, 5) is 15.7. The molecule has 0 saturated heterocycles. The summed E-state index contributed by atoms with van der Waals surface area (Å²) in [6.07, 6.45) is 3.46. The zero-order chi connectivity index (χ0) is 16.5. The smallest absolute Gasteiger partial charge is 0.258 e. The topological polar surface area (TPSA) is 118 Å². The Balaban J connectivity index is 1.67. The number of nitrogens with one attached hydrogen (secondary N) is 2. The summed E-state index contributed by atoms with van der Waals surface area (Å²) in [5.74, 6) is 0.282. The fourth-order valence-electron chi connectivity index (χ4n) is 1.90. The number of rotatable bonds is 8. The highest BCUT2D eigenvalue weighted by molar-refractivity contribution is 5.95. The van der Waals surface area contributed by atoms with Gasteiger partial charge in [-0.1, -0.05) is 12.1 Å². The maximum absolute atomic E-state index is 11.7. The van der Waals surface area contributed by atoms with Crippen molar-refractivity contribution >= 4 is 17.4 Å². The van der Waals surface area contributed by atoms with Gasteiger partial charge in [0, 0.05) is 30.1 Å². The lowest BCUT2D eigenvalue weighted by Gasteiger charge is -2.08. The van der Waals surface area contributed by atoms with Crippen molar-refractivity contribution in [1.29, 1.82) is 5.41 Å². The number of pyridine rings is 1. The van der Waals surface area contributed by atoms with Crippen molar-refractivity contribution in [2.24, 2.45) is 5.73 Å². The maximum Gasteiger partial charge on any atom is 0.258 e. The Labute approximate surface area is 134 Å². The highest BCUT2D eigenvalue weighted by Crippen LogP contribution is 2.12. The number of benzene rings is 1. The summed E-state index contributed by atoms with van der Waals surface area (Å²) < 4.78 is 5.39. The normalized spacial score (nSPS) is 10.1. The third kappa shape index (κ3) is 5.76. The largest absolute Gasteiger partial charge is 0.484 e. The molecule has 0 aliphatic heterocycles. The zero-order valence-corrected chi connectivity index (χ0v) is 12.7. The van der Waals surface area contributed by atoms with Crippen LogP contribution in [0.25, 0.3) is 0 Å². The van der Waals surface area contributed by atoms with E-state index in [1.54, 1.807) is 36.7 Å². The SMILES string of the molecule is N=C(N)c1cccc(OCC(=O)NCC[NH2+]c2ccncc2)c1. The Kier molecular flexibility index (Phi) is 6.07. The molecule has 2 aromatic rings. The number of hydrogen-bond donors (Lipinski definition) is 4. The Morgan fingerprint density at radius 3 is 2.83 bits per heavy atom. The molecule has 1 heterocycles. The second kappa shape index (κ2) is 8.50. The minimum atomic E-state index is -0.193. The number of nitrogens with zero attached hydrogens (tertiary/aromatic N) is 1. The lowest BCUT2D eigenvalue weighted by atomic mass is 10.2. The molecule has 0 radical (unpaired) electrons. The molecule has 0 aliphatic carbocycles. The van der Waals surface area contributed by atoms with E-state index in [-0.39, 0.29) is 18.3 Å². The van der Waals surface area contributed by atoms with Gasteiger partial charge in [0.2, 0.25) is 0 Å². The molecule has 1 aromatic carbocycles. The summed E-state index contributed by atoms with van der Waals surface area (Å²) in [5, 5.41) is 12.2. The average Bonchev–Trinajstić information content (AvgIpc) is 2.58. The van der Waals surface area contributed by atoms with Crippen LogP contribution in [0, 0.1) is 5.41 Å². The molecule has 0 spiro atoms. The molecule has 7 heteroatoms. The number of quaternary nitrogens is 1. The van der Waals surface area contributed by atoms with Crippen molar-refractivity contribution in [2.45, 2.75) is 0 Å². The van der Waals surface area contributed by atoms with Gasteiger partial charge in [-0.25, -0.2) is 0 Å². The summed E-state index contributed by atoms with van der Waals surface area (Å²) in [7, 11) is 0. The summed E-state index contributed by atoms with van der Waals surface area (Å²) in [5.41, 5.74) is 7.05. The van der Waals surface area contributed by atoms with Crippen molar-refractivity contribution in [3.8, 4) is 5.75 Å². The highest BCUT2D eigenvalue weighted by Gasteiger charge is 2.04. The van der Waals surface area contributed by atoms with E-state index in [9.17, 15) is 4.79 Å². The summed E-state index contributed by atoms with van der Waals surface area (Å²) >= 11 is 0. The van der Waals surface area contributed by atoms with Crippen LogP contribution in [0.3, 0.4) is 0 Å². The van der Waals surface area contributed by atoms with Crippen LogP contribution in [0.5, 0.6) is 5.75 Å². The average molecular weight is 314 g/mol. The van der Waals surface area contributed by atoms with Gasteiger partial charge in [-0.3, -0.25) is 15.2 Å². The maximum atomic E-state index is 11.7. The van der Waals surface area contributed by atoms with Gasteiger partial charge in [0.15, 0.2) is 6.61 Å². The molecule has 0 saturated carbocycles. The van der Waals surface area contributed by atoms with Crippen molar-refractivity contribution in [3.63, 3.8) is 0 Å². The van der Waals surface area contributed by atoms with Crippen molar-refractivity contribution < 1.29 is 14.8 Å². The summed E-state index contributed by atoms with van der Waals surface area (Å²) in [6, 6.07) is 10.6. The number of carbonyl (C=O) groups is 1. The van der Waals surface area contributed by atoms with Gasteiger partial charge in [-0.2, -0.15) is 0 Å². The van der Waals surface area contributed by atoms with Crippen LogP contribution in [0.1, 0.15) is 5.56 Å². The van der Waals surface area contributed by atoms with Crippen LogP contribution in [-0.4, -0.2) is 36.4 Å². The molecule has 0 bridgehead atoms. The first kappa shape index (κ1) is 16.4. The fraction of sp³-hybridized carbons (Fsp3) is 0.188. The predicted octanol–water partition coefficient (Wildman–Crippen LogP) is -0.244. The molecule has 0 atom stereocenters. The number of nitrogens with two attached hydrogens (primary N) is 2. The Bertz CT molecular complexity index is 661. The van der Waals surface area contributed by atoms with Crippen LogP contribution in [-0.2, 0) is 4.79 Å². The van der Waals surface area contributed by atoms with Gasteiger partial charge in [0.05, 0.1) is 13.1 Å². The number of hydrogen-bond acceptors (Lipinski definition) is 4. The van der Waals surface area contributed by atoms with Gasteiger partial charge in [-0.15, -0.1) is 0 Å². The molecule has 1 amide bonds. The second-order valence-electron chi connectivity index (χ2n) is 4.85. The van der Waals surface area contributed by atoms with E-state index in [4.69, 9.17) is 15.9 Å². The first-order valence-electron chi connectivity index (χ1n) is 7.22. The van der Waals surface area contributed by atoms with Gasteiger partial charge in [0.1, 0.15) is 17.3 Å². The van der Waals surface area contributed by atoms with E-state index < -0.39 is 0 Å². The summed E-state index contributed by atoms with van der Waals surface area (Å²) in [6.45, 7) is 1.20. The molecule has 120 valence electrons. The standard InChI is InChI=1S/C16H19N5O2/c17-16(18)12-2-1-3-14(10-12)23-11-15(22)21-9-8-20-13-4-6-19-7-5-13/h1-7,10H,8-9,11H2,(H3,17,18)(H,19,20)(H,21,22)/p+1. The van der Waals surface area contributed by atoms with Crippen LogP contribution in [0.2, 0.25) is 0 Å². The third-order valence-corrected chi connectivity index (χ3v) is 3.07. The molecule has 1 aromatic heterocycles. The van der Waals surface area contributed by atoms with Crippen molar-refractivity contribution in [2.75, 3.05) is 19.7 Å². The van der Waals surface area contributed by atoms with Crippen molar-refractivity contribution in [1.82, 2.24) is 10.3 Å². The number of nitrogen functional groups attached to an aromatic ring is 1. The number of carbonyl (C=O) groups excluding carboxylic acids is 1. The lowest BCUT2D eigenvalue weighted by Crippen LogP contribution is -2.79. The van der Waals surface area contributed by atoms with E-state index >= 15 is 0 Å². The molecule has 6 N–H and O–H groups in total. The van der Waals surface area contributed by atoms with E-state index in [1.807, 2.05) is 17.4 Å². The molecule has 2 rings (SSSR count). The Morgan fingerprint density at radius 2 is 2.09 bits per heavy atom. The molecule has 0 unspecified atom stereocenters. The molecule has 7 nitrogen and oxygen atoms in total. The first-order chi connectivity index (χ1) is 11.1. The van der Waals surface area contributed by atoms with Gasteiger partial charge < -0.3 is 21.1 Å². The first-order valence-corrected chi connectivity index (χ1v) is 7.22. The number of amidine groups is 1. The van der Waals surface area contributed by atoms with Crippen LogP contribution in [0.15, 0.2) is 48.8 Å². The molecule has 0 fully saturated rings. The highest BCUT2D eigenvalue weighted by atomic mass is 16.5. The van der Waals surface area contributed by atoms with E-state index in [1.165, 1.54) is 0 Å². The second-order valence-corrected chi connectivity index (χ2v) is 4.85. The number of ether oxygens (including phenoxy) is 1.